The van der Waals surface area contributed by atoms with Gasteiger partial charge in [0.2, 0.25) is 0 Å². The quantitative estimate of drug-likeness (QED) is 0.689. The van der Waals surface area contributed by atoms with E-state index in [4.69, 9.17) is 4.74 Å². The number of nitrogens with zero attached hydrogens (tertiary/aromatic N) is 5. The van der Waals surface area contributed by atoms with Crippen molar-refractivity contribution in [3.63, 3.8) is 0 Å². The lowest BCUT2D eigenvalue weighted by atomic mass is 10.2. The molecule has 2 aromatic heterocycles. The summed E-state index contributed by atoms with van der Waals surface area (Å²) < 4.78 is 9.16. The summed E-state index contributed by atoms with van der Waals surface area (Å²) >= 11 is 0. The van der Waals surface area contributed by atoms with Gasteiger partial charge in [-0.05, 0) is 18.2 Å². The highest BCUT2D eigenvalue weighted by molar-refractivity contribution is 5.90. The van der Waals surface area contributed by atoms with Crippen LogP contribution in [-0.2, 0) is 18.8 Å². The van der Waals surface area contributed by atoms with E-state index in [1.165, 1.54) is 0 Å². The second-order valence-corrected chi connectivity index (χ2v) is 6.97. The summed E-state index contributed by atoms with van der Waals surface area (Å²) in [6.07, 6.45) is 7.10. The second-order valence-electron chi connectivity index (χ2n) is 6.97. The molecule has 2 N–H and O–H groups in total. The summed E-state index contributed by atoms with van der Waals surface area (Å²) in [6.45, 7) is 3.12. The van der Waals surface area contributed by atoms with Crippen LogP contribution in [0.25, 0.3) is 0 Å². The molecule has 3 heterocycles. The van der Waals surface area contributed by atoms with Gasteiger partial charge in [-0.3, -0.25) is 0 Å². The molecule has 0 spiro atoms. The Balaban J connectivity index is 1.50. The van der Waals surface area contributed by atoms with Gasteiger partial charge in [-0.25, -0.2) is 14.8 Å². The van der Waals surface area contributed by atoms with E-state index in [-0.39, 0.29) is 6.03 Å². The molecule has 29 heavy (non-hydrogen) atoms. The predicted molar refractivity (Wildman–Crippen MR) is 110 cm³/mol. The number of ether oxygens (including phenoxy) is 1. The lowest BCUT2D eigenvalue weighted by Crippen LogP contribution is -2.37. The zero-order valence-electron chi connectivity index (χ0n) is 16.6. The van der Waals surface area contributed by atoms with Crippen molar-refractivity contribution in [1.82, 2.24) is 24.4 Å². The number of hydrogen-bond donors (Lipinski definition) is 2. The van der Waals surface area contributed by atoms with Gasteiger partial charge in [-0.1, -0.05) is 6.07 Å². The van der Waals surface area contributed by atoms with Gasteiger partial charge in [0.05, 0.1) is 13.2 Å². The van der Waals surface area contributed by atoms with Crippen LogP contribution in [-0.4, -0.2) is 51.4 Å². The third-order valence-electron chi connectivity index (χ3n) is 4.99. The van der Waals surface area contributed by atoms with Gasteiger partial charge in [0.1, 0.15) is 17.7 Å². The van der Waals surface area contributed by atoms with Gasteiger partial charge >= 0.3 is 6.03 Å². The third-order valence-corrected chi connectivity index (χ3v) is 4.99. The monoisotopic (exact) mass is 395 g/mol. The zero-order chi connectivity index (χ0) is 20.2. The SMILES string of the molecule is Cn1ccnc1C(NC(=O)Nc1cccc(N2CCOCC2)c1)c1nccn1C. The summed E-state index contributed by atoms with van der Waals surface area (Å²) in [5.74, 6) is 1.41. The first-order valence-corrected chi connectivity index (χ1v) is 9.56. The smallest absolute Gasteiger partial charge is 0.320 e. The third kappa shape index (κ3) is 4.24. The molecular weight excluding hydrogens is 370 g/mol. The van der Waals surface area contributed by atoms with Crippen LogP contribution in [0.3, 0.4) is 0 Å². The maximum Gasteiger partial charge on any atom is 0.320 e. The van der Waals surface area contributed by atoms with Crippen LogP contribution in [0.15, 0.2) is 49.1 Å². The van der Waals surface area contributed by atoms with Gasteiger partial charge in [-0.15, -0.1) is 0 Å². The molecule has 2 amide bonds. The fraction of sp³-hybridized carbons (Fsp3) is 0.350. The highest BCUT2D eigenvalue weighted by Crippen LogP contribution is 2.22. The van der Waals surface area contributed by atoms with Crippen molar-refractivity contribution in [1.29, 1.82) is 0 Å². The molecule has 1 fully saturated rings. The molecule has 1 aliphatic heterocycles. The maximum atomic E-state index is 12.8. The Morgan fingerprint density at radius 2 is 1.72 bits per heavy atom. The first-order chi connectivity index (χ1) is 14.1. The van der Waals surface area contributed by atoms with Crippen molar-refractivity contribution in [3.05, 3.63) is 60.7 Å². The second kappa shape index (κ2) is 8.36. The summed E-state index contributed by atoms with van der Waals surface area (Å²) in [5.41, 5.74) is 1.79. The zero-order valence-corrected chi connectivity index (χ0v) is 16.6. The number of benzene rings is 1. The number of anilines is 2. The van der Waals surface area contributed by atoms with E-state index in [0.29, 0.717) is 24.9 Å². The fourth-order valence-electron chi connectivity index (χ4n) is 3.46. The Hall–Kier alpha value is -3.33. The summed E-state index contributed by atoms with van der Waals surface area (Å²) in [7, 11) is 3.79. The molecule has 1 aliphatic rings. The molecule has 1 aromatic carbocycles. The number of imidazole rings is 2. The molecule has 0 bridgehead atoms. The summed E-state index contributed by atoms with van der Waals surface area (Å²) in [5, 5.41) is 5.93. The number of aromatic nitrogens is 4. The molecule has 3 aromatic rings. The van der Waals surface area contributed by atoms with Gasteiger partial charge < -0.3 is 29.4 Å². The van der Waals surface area contributed by atoms with Crippen molar-refractivity contribution < 1.29 is 9.53 Å². The Bertz CT molecular complexity index is 934. The van der Waals surface area contributed by atoms with E-state index < -0.39 is 6.04 Å². The molecule has 152 valence electrons. The number of nitrogens with one attached hydrogen (secondary N) is 2. The number of urea groups is 1. The van der Waals surface area contributed by atoms with Crippen LogP contribution in [0.4, 0.5) is 16.2 Å². The molecule has 0 saturated carbocycles. The average Bonchev–Trinajstić information content (AvgIpc) is 3.35. The van der Waals surface area contributed by atoms with Crippen LogP contribution < -0.4 is 15.5 Å². The van der Waals surface area contributed by atoms with Crippen LogP contribution in [0.5, 0.6) is 0 Å². The molecule has 1 saturated heterocycles. The average molecular weight is 395 g/mol. The molecular formula is C20H25N7O2. The number of morpholine rings is 1. The molecule has 9 heteroatoms. The molecule has 9 nitrogen and oxygen atoms in total. The van der Waals surface area contributed by atoms with Crippen LogP contribution >= 0.6 is 0 Å². The summed E-state index contributed by atoms with van der Waals surface area (Å²) in [6, 6.07) is 7.04. The minimum atomic E-state index is -0.475. The molecule has 0 unspecified atom stereocenters. The topological polar surface area (TPSA) is 89.2 Å². The highest BCUT2D eigenvalue weighted by Gasteiger charge is 2.24. The van der Waals surface area contributed by atoms with Crippen LogP contribution in [0, 0.1) is 0 Å². The van der Waals surface area contributed by atoms with Crippen molar-refractivity contribution in [2.75, 3.05) is 36.5 Å². The standard InChI is InChI=1S/C20H25N7O2/c1-25-8-6-21-18(25)17(19-22-7-9-26(19)2)24-20(28)23-15-4-3-5-16(14-15)27-10-12-29-13-11-27/h3-9,14,17H,10-13H2,1-2H3,(H2,23,24,28). The molecule has 0 atom stereocenters. The van der Waals surface area contributed by atoms with Gasteiger partial charge in [-0.2, -0.15) is 0 Å². The Morgan fingerprint density at radius 3 is 2.31 bits per heavy atom. The van der Waals surface area contributed by atoms with Crippen molar-refractivity contribution in [2.45, 2.75) is 6.04 Å². The normalized spacial score (nSPS) is 14.2. The van der Waals surface area contributed by atoms with Crippen molar-refractivity contribution >= 4 is 17.4 Å². The number of carbonyl (C=O) groups is 1. The van der Waals surface area contributed by atoms with E-state index in [9.17, 15) is 4.79 Å². The number of aryl methyl sites for hydroxylation is 2. The maximum absolute atomic E-state index is 12.8. The Morgan fingerprint density at radius 1 is 1.07 bits per heavy atom. The predicted octanol–water partition coefficient (Wildman–Crippen LogP) is 1.90. The summed E-state index contributed by atoms with van der Waals surface area (Å²) in [4.78, 5) is 23.8. The molecule has 4 rings (SSSR count). The molecule has 0 radical (unpaired) electrons. The van der Waals surface area contributed by atoms with E-state index in [2.05, 4.69) is 25.5 Å². The van der Waals surface area contributed by atoms with Crippen molar-refractivity contribution in [3.8, 4) is 0 Å². The number of carbonyl (C=O) groups excluding carboxylic acids is 1. The van der Waals surface area contributed by atoms with E-state index in [1.54, 1.807) is 12.4 Å². The first-order valence-electron chi connectivity index (χ1n) is 9.56. The largest absolute Gasteiger partial charge is 0.378 e. The number of rotatable bonds is 5. The lowest BCUT2D eigenvalue weighted by Gasteiger charge is -2.29. The minimum absolute atomic E-state index is 0.319. The number of amides is 2. The van der Waals surface area contributed by atoms with Crippen molar-refractivity contribution in [2.24, 2.45) is 14.1 Å². The van der Waals surface area contributed by atoms with E-state index in [0.717, 1.165) is 24.5 Å². The Labute approximate surface area is 169 Å². The first kappa shape index (κ1) is 19.0. The van der Waals surface area contributed by atoms with Crippen LogP contribution in [0.2, 0.25) is 0 Å². The van der Waals surface area contributed by atoms with E-state index >= 15 is 0 Å². The fourth-order valence-corrected chi connectivity index (χ4v) is 3.46. The van der Waals surface area contributed by atoms with Crippen LogP contribution in [0.1, 0.15) is 17.7 Å². The van der Waals surface area contributed by atoms with Gasteiger partial charge in [0.15, 0.2) is 0 Å². The van der Waals surface area contributed by atoms with Gasteiger partial charge in [0.25, 0.3) is 0 Å². The Kier molecular flexibility index (Phi) is 5.48. The minimum Gasteiger partial charge on any atom is -0.378 e. The number of hydrogen-bond acceptors (Lipinski definition) is 5. The highest BCUT2D eigenvalue weighted by atomic mass is 16.5. The van der Waals surface area contributed by atoms with Gasteiger partial charge in [0, 0.05) is 63.3 Å². The lowest BCUT2D eigenvalue weighted by molar-refractivity contribution is 0.122. The molecule has 0 aliphatic carbocycles. The van der Waals surface area contributed by atoms with E-state index in [1.807, 2.05) is 59.9 Å².